The van der Waals surface area contributed by atoms with Crippen molar-refractivity contribution in [2.45, 2.75) is 6.54 Å². The van der Waals surface area contributed by atoms with Crippen LogP contribution in [0.3, 0.4) is 0 Å². The van der Waals surface area contributed by atoms with E-state index in [1.165, 1.54) is 12.1 Å². The summed E-state index contributed by atoms with van der Waals surface area (Å²) in [5, 5.41) is 10.7. The molecule has 0 radical (unpaired) electrons. The Morgan fingerprint density at radius 2 is 2.05 bits per heavy atom. The molecule has 0 spiro atoms. The van der Waals surface area contributed by atoms with Crippen LogP contribution in [0, 0.1) is 10.1 Å². The van der Waals surface area contributed by atoms with E-state index in [4.69, 9.17) is 10.5 Å². The number of rotatable bonds is 4. The van der Waals surface area contributed by atoms with Gasteiger partial charge in [-0.25, -0.2) is 0 Å². The first-order valence-electron chi connectivity index (χ1n) is 5.51. The van der Waals surface area contributed by atoms with Crippen molar-refractivity contribution in [3.8, 4) is 11.5 Å². The van der Waals surface area contributed by atoms with Gasteiger partial charge in [-0.3, -0.25) is 10.1 Å². The molecule has 5 nitrogen and oxygen atoms in total. The summed E-state index contributed by atoms with van der Waals surface area (Å²) in [5.74, 6) is 0.986. The van der Waals surface area contributed by atoms with Crippen LogP contribution in [0.4, 0.5) is 5.69 Å². The van der Waals surface area contributed by atoms with Crippen molar-refractivity contribution in [1.29, 1.82) is 0 Å². The summed E-state index contributed by atoms with van der Waals surface area (Å²) in [7, 11) is 0. The van der Waals surface area contributed by atoms with Crippen LogP contribution in [0.5, 0.6) is 11.5 Å². The minimum Gasteiger partial charge on any atom is -0.457 e. The minimum atomic E-state index is -0.461. The molecule has 0 saturated heterocycles. The van der Waals surface area contributed by atoms with E-state index in [1.54, 1.807) is 18.2 Å². The van der Waals surface area contributed by atoms with E-state index in [0.29, 0.717) is 18.0 Å². The van der Waals surface area contributed by atoms with Crippen molar-refractivity contribution in [2.24, 2.45) is 5.73 Å². The Labute approximate surface area is 118 Å². The highest BCUT2D eigenvalue weighted by Crippen LogP contribution is 2.30. The number of halogens is 1. The topological polar surface area (TPSA) is 78.4 Å². The molecule has 0 bridgehead atoms. The number of nitrogens with two attached hydrogens (primary N) is 1. The summed E-state index contributed by atoms with van der Waals surface area (Å²) < 4.78 is 6.51. The Morgan fingerprint density at radius 3 is 2.74 bits per heavy atom. The fourth-order valence-electron chi connectivity index (χ4n) is 1.58. The lowest BCUT2D eigenvalue weighted by Crippen LogP contribution is -1.99. The number of non-ortho nitro benzene ring substituents is 1. The lowest BCUT2D eigenvalue weighted by molar-refractivity contribution is -0.384. The van der Waals surface area contributed by atoms with Gasteiger partial charge in [0.15, 0.2) is 0 Å². The van der Waals surface area contributed by atoms with Gasteiger partial charge in [-0.05, 0) is 18.2 Å². The van der Waals surface area contributed by atoms with Crippen LogP contribution in [-0.4, -0.2) is 4.92 Å². The maximum atomic E-state index is 10.7. The Morgan fingerprint density at radius 1 is 1.26 bits per heavy atom. The molecule has 0 fully saturated rings. The lowest BCUT2D eigenvalue weighted by atomic mass is 10.2. The predicted octanol–water partition coefficient (Wildman–Crippen LogP) is 3.61. The van der Waals surface area contributed by atoms with Gasteiger partial charge in [-0.1, -0.05) is 28.1 Å². The Bertz CT molecular complexity index is 617. The smallest absolute Gasteiger partial charge is 0.273 e. The van der Waals surface area contributed by atoms with Gasteiger partial charge in [0.1, 0.15) is 11.5 Å². The first kappa shape index (κ1) is 13.5. The molecule has 98 valence electrons. The molecule has 19 heavy (non-hydrogen) atoms. The number of ether oxygens (including phenoxy) is 1. The van der Waals surface area contributed by atoms with Crippen LogP contribution < -0.4 is 10.5 Å². The third kappa shape index (κ3) is 3.30. The highest BCUT2D eigenvalue weighted by Gasteiger charge is 2.09. The lowest BCUT2D eigenvalue weighted by Gasteiger charge is -2.10. The van der Waals surface area contributed by atoms with Crippen molar-refractivity contribution in [1.82, 2.24) is 0 Å². The summed E-state index contributed by atoms with van der Waals surface area (Å²) in [6, 6.07) is 11.5. The summed E-state index contributed by atoms with van der Waals surface area (Å²) >= 11 is 3.35. The number of benzene rings is 2. The molecule has 0 aromatic heterocycles. The molecule has 0 aliphatic rings. The molecule has 0 unspecified atom stereocenters. The summed E-state index contributed by atoms with van der Waals surface area (Å²) in [4.78, 5) is 10.2. The van der Waals surface area contributed by atoms with E-state index < -0.39 is 4.92 Å². The Kier molecular flexibility index (Phi) is 4.13. The van der Waals surface area contributed by atoms with Gasteiger partial charge in [0.05, 0.1) is 11.0 Å². The fraction of sp³-hybridized carbons (Fsp3) is 0.0769. The average Bonchev–Trinajstić information content (AvgIpc) is 2.39. The number of nitrogens with zero attached hydrogens (tertiary/aromatic N) is 1. The van der Waals surface area contributed by atoms with Gasteiger partial charge in [-0.15, -0.1) is 0 Å². The quantitative estimate of drug-likeness (QED) is 0.689. The zero-order valence-corrected chi connectivity index (χ0v) is 11.5. The van der Waals surface area contributed by atoms with Crippen molar-refractivity contribution < 1.29 is 9.66 Å². The van der Waals surface area contributed by atoms with Crippen molar-refractivity contribution in [3.63, 3.8) is 0 Å². The molecule has 2 aromatic carbocycles. The minimum absolute atomic E-state index is 0.0122. The standard InChI is InChI=1S/C13H11BrN2O3/c14-10-5-4-9(8-15)13(6-10)19-12-3-1-2-11(7-12)16(17)18/h1-7H,8,15H2. The second-order valence-corrected chi connectivity index (χ2v) is 4.73. The molecule has 0 aliphatic heterocycles. The first-order chi connectivity index (χ1) is 9.10. The van der Waals surface area contributed by atoms with Gasteiger partial charge in [0.2, 0.25) is 0 Å². The molecule has 2 aromatic rings. The number of nitro groups is 1. The van der Waals surface area contributed by atoms with Crippen molar-refractivity contribution in [2.75, 3.05) is 0 Å². The van der Waals surface area contributed by atoms with E-state index in [1.807, 2.05) is 12.1 Å². The zero-order valence-electron chi connectivity index (χ0n) is 9.88. The second-order valence-electron chi connectivity index (χ2n) is 3.81. The highest BCUT2D eigenvalue weighted by atomic mass is 79.9. The van der Waals surface area contributed by atoms with Crippen LogP contribution in [0.25, 0.3) is 0 Å². The largest absolute Gasteiger partial charge is 0.457 e. The van der Waals surface area contributed by atoms with Crippen LogP contribution in [0.15, 0.2) is 46.9 Å². The van der Waals surface area contributed by atoms with Crippen molar-refractivity contribution >= 4 is 21.6 Å². The maximum absolute atomic E-state index is 10.7. The second kappa shape index (κ2) is 5.81. The summed E-state index contributed by atoms with van der Waals surface area (Å²) in [6.45, 7) is 0.331. The first-order valence-corrected chi connectivity index (χ1v) is 6.30. The molecular formula is C13H11BrN2O3. The molecule has 0 amide bonds. The van der Waals surface area contributed by atoms with Gasteiger partial charge in [0, 0.05) is 22.6 Å². The average molecular weight is 323 g/mol. The van der Waals surface area contributed by atoms with E-state index in [9.17, 15) is 10.1 Å². The van der Waals surface area contributed by atoms with Gasteiger partial charge in [0.25, 0.3) is 5.69 Å². The SMILES string of the molecule is NCc1ccc(Br)cc1Oc1cccc([N+](=O)[O-])c1. The molecule has 2 N–H and O–H groups in total. The third-order valence-corrected chi connectivity index (χ3v) is 3.00. The predicted molar refractivity (Wildman–Crippen MR) is 75.2 cm³/mol. The number of nitro benzene ring substituents is 1. The monoisotopic (exact) mass is 322 g/mol. The normalized spacial score (nSPS) is 10.2. The molecule has 0 aliphatic carbocycles. The van der Waals surface area contributed by atoms with E-state index >= 15 is 0 Å². The maximum Gasteiger partial charge on any atom is 0.273 e. The Hall–Kier alpha value is -1.92. The third-order valence-electron chi connectivity index (χ3n) is 2.51. The molecule has 0 atom stereocenters. The molecule has 6 heteroatoms. The van der Waals surface area contributed by atoms with Gasteiger partial charge < -0.3 is 10.5 Å². The van der Waals surface area contributed by atoms with Crippen molar-refractivity contribution in [3.05, 3.63) is 62.6 Å². The van der Waals surface area contributed by atoms with Gasteiger partial charge in [-0.2, -0.15) is 0 Å². The summed E-state index contributed by atoms with van der Waals surface area (Å²) in [5.41, 5.74) is 6.45. The zero-order chi connectivity index (χ0) is 13.8. The van der Waals surface area contributed by atoms with E-state index in [-0.39, 0.29) is 5.69 Å². The number of hydrogen-bond donors (Lipinski definition) is 1. The van der Waals surface area contributed by atoms with Crippen LogP contribution in [0.2, 0.25) is 0 Å². The Balaban J connectivity index is 2.33. The molecule has 2 rings (SSSR count). The fourth-order valence-corrected chi connectivity index (χ4v) is 1.92. The molecule has 0 heterocycles. The molecule has 0 saturated carbocycles. The van der Waals surface area contributed by atoms with Crippen LogP contribution >= 0.6 is 15.9 Å². The van der Waals surface area contributed by atoms with E-state index in [0.717, 1.165) is 10.0 Å². The van der Waals surface area contributed by atoms with Crippen LogP contribution in [-0.2, 0) is 6.54 Å². The molecular weight excluding hydrogens is 312 g/mol. The summed E-state index contributed by atoms with van der Waals surface area (Å²) in [6.07, 6.45) is 0. The highest BCUT2D eigenvalue weighted by molar-refractivity contribution is 9.10. The van der Waals surface area contributed by atoms with Gasteiger partial charge >= 0.3 is 0 Å². The van der Waals surface area contributed by atoms with E-state index in [2.05, 4.69) is 15.9 Å². The van der Waals surface area contributed by atoms with Crippen LogP contribution in [0.1, 0.15) is 5.56 Å². The number of hydrogen-bond acceptors (Lipinski definition) is 4.